The van der Waals surface area contributed by atoms with Gasteiger partial charge in [0.25, 0.3) is 0 Å². The monoisotopic (exact) mass is 204 g/mol. The summed E-state index contributed by atoms with van der Waals surface area (Å²) in [4.78, 5) is 21.0. The van der Waals surface area contributed by atoms with Crippen molar-refractivity contribution in [3.63, 3.8) is 0 Å². The SMILES string of the molecule is CC(=O)OC(/C=C/C=O)c1ccccc1. The third kappa shape index (κ3) is 3.77. The van der Waals surface area contributed by atoms with E-state index < -0.39 is 6.10 Å². The molecular formula is C12H12O3. The standard InChI is InChI=1S/C12H12O3/c1-10(14)15-12(8-5-9-13)11-6-3-2-4-7-11/h2-9,12H,1H3/b8-5+. The molecule has 0 aliphatic carbocycles. The van der Waals surface area contributed by atoms with Crippen LogP contribution in [0, 0.1) is 0 Å². The number of aldehydes is 1. The maximum atomic E-state index is 10.8. The Morgan fingerprint density at radius 3 is 2.53 bits per heavy atom. The topological polar surface area (TPSA) is 43.4 Å². The lowest BCUT2D eigenvalue weighted by molar-refractivity contribution is -0.144. The Morgan fingerprint density at radius 2 is 2.00 bits per heavy atom. The molecule has 0 aromatic heterocycles. The highest BCUT2D eigenvalue weighted by atomic mass is 16.5. The van der Waals surface area contributed by atoms with Crippen LogP contribution in [-0.2, 0) is 14.3 Å². The van der Waals surface area contributed by atoms with Gasteiger partial charge in [0.05, 0.1) is 0 Å². The van der Waals surface area contributed by atoms with E-state index in [-0.39, 0.29) is 5.97 Å². The second kappa shape index (κ2) is 5.75. The van der Waals surface area contributed by atoms with Gasteiger partial charge in [-0.3, -0.25) is 9.59 Å². The van der Waals surface area contributed by atoms with Gasteiger partial charge in [-0.05, 0) is 17.7 Å². The molecule has 0 heterocycles. The van der Waals surface area contributed by atoms with E-state index in [2.05, 4.69) is 0 Å². The number of carbonyl (C=O) groups excluding carboxylic acids is 2. The molecule has 1 atom stereocenters. The van der Waals surface area contributed by atoms with Crippen LogP contribution in [0.5, 0.6) is 0 Å². The van der Waals surface area contributed by atoms with E-state index in [0.29, 0.717) is 6.29 Å². The highest BCUT2D eigenvalue weighted by Crippen LogP contribution is 2.18. The van der Waals surface area contributed by atoms with E-state index in [0.717, 1.165) is 5.56 Å². The first-order valence-electron chi connectivity index (χ1n) is 4.58. The van der Waals surface area contributed by atoms with Gasteiger partial charge in [-0.25, -0.2) is 0 Å². The molecule has 0 bridgehead atoms. The molecule has 0 aliphatic heterocycles. The zero-order valence-electron chi connectivity index (χ0n) is 8.42. The molecule has 1 unspecified atom stereocenters. The average molecular weight is 204 g/mol. The summed E-state index contributed by atoms with van der Waals surface area (Å²) >= 11 is 0. The van der Waals surface area contributed by atoms with Gasteiger partial charge in [0.2, 0.25) is 0 Å². The Labute approximate surface area is 88.4 Å². The molecule has 3 nitrogen and oxygen atoms in total. The maximum Gasteiger partial charge on any atom is 0.303 e. The molecule has 3 heteroatoms. The first-order valence-corrected chi connectivity index (χ1v) is 4.58. The number of benzene rings is 1. The molecule has 0 amide bonds. The van der Waals surface area contributed by atoms with Gasteiger partial charge in [-0.2, -0.15) is 0 Å². The fourth-order valence-electron chi connectivity index (χ4n) is 1.19. The summed E-state index contributed by atoms with van der Waals surface area (Å²) in [5.74, 6) is -0.376. The Bertz CT molecular complexity index is 354. The van der Waals surface area contributed by atoms with E-state index in [4.69, 9.17) is 4.74 Å². The van der Waals surface area contributed by atoms with Crippen LogP contribution in [-0.4, -0.2) is 12.3 Å². The van der Waals surface area contributed by atoms with E-state index in [1.807, 2.05) is 30.3 Å². The van der Waals surface area contributed by atoms with Crippen molar-refractivity contribution in [1.82, 2.24) is 0 Å². The molecule has 15 heavy (non-hydrogen) atoms. The quantitative estimate of drug-likeness (QED) is 0.428. The molecular weight excluding hydrogens is 192 g/mol. The number of hydrogen-bond donors (Lipinski definition) is 0. The zero-order valence-corrected chi connectivity index (χ0v) is 8.42. The van der Waals surface area contributed by atoms with Crippen molar-refractivity contribution in [3.8, 4) is 0 Å². The lowest BCUT2D eigenvalue weighted by Crippen LogP contribution is -2.05. The van der Waals surface area contributed by atoms with E-state index in [1.165, 1.54) is 13.0 Å². The fraction of sp³-hybridized carbons (Fsp3) is 0.167. The predicted octanol–water partition coefficient (Wildman–Crippen LogP) is 2.05. The second-order valence-corrected chi connectivity index (χ2v) is 2.96. The summed E-state index contributed by atoms with van der Waals surface area (Å²) in [6.07, 6.45) is 3.03. The molecule has 0 saturated carbocycles. The Balaban J connectivity index is 2.85. The third-order valence-corrected chi connectivity index (χ3v) is 1.79. The van der Waals surface area contributed by atoms with Crippen LogP contribution in [0.15, 0.2) is 42.5 Å². The summed E-state index contributed by atoms with van der Waals surface area (Å²) in [6, 6.07) is 9.24. The molecule has 1 aromatic carbocycles. The lowest BCUT2D eigenvalue weighted by Gasteiger charge is -2.12. The number of allylic oxidation sites excluding steroid dienone is 1. The minimum absolute atomic E-state index is 0.376. The predicted molar refractivity (Wildman–Crippen MR) is 56.2 cm³/mol. The Kier molecular flexibility index (Phi) is 4.29. The van der Waals surface area contributed by atoms with Crippen molar-refractivity contribution in [2.45, 2.75) is 13.0 Å². The molecule has 0 aliphatic rings. The van der Waals surface area contributed by atoms with Crippen molar-refractivity contribution in [3.05, 3.63) is 48.0 Å². The summed E-state index contributed by atoms with van der Waals surface area (Å²) in [5, 5.41) is 0. The first-order chi connectivity index (χ1) is 7.24. The summed E-state index contributed by atoms with van der Waals surface area (Å²) in [5.41, 5.74) is 0.839. The first kappa shape index (κ1) is 11.2. The molecule has 1 rings (SSSR count). The molecule has 0 spiro atoms. The minimum atomic E-state index is -0.492. The van der Waals surface area contributed by atoms with E-state index in [1.54, 1.807) is 6.08 Å². The largest absolute Gasteiger partial charge is 0.453 e. The Hall–Kier alpha value is -1.90. The van der Waals surface area contributed by atoms with Crippen LogP contribution < -0.4 is 0 Å². The molecule has 0 fully saturated rings. The smallest absolute Gasteiger partial charge is 0.303 e. The van der Waals surface area contributed by atoms with Crippen molar-refractivity contribution in [1.29, 1.82) is 0 Å². The summed E-state index contributed by atoms with van der Waals surface area (Å²) in [6.45, 7) is 1.34. The van der Waals surface area contributed by atoms with Crippen LogP contribution in [0.3, 0.4) is 0 Å². The average Bonchev–Trinajstić information content (AvgIpc) is 2.25. The van der Waals surface area contributed by atoms with Gasteiger partial charge >= 0.3 is 5.97 Å². The molecule has 0 N–H and O–H groups in total. The fourth-order valence-corrected chi connectivity index (χ4v) is 1.19. The number of ether oxygens (including phenoxy) is 1. The van der Waals surface area contributed by atoms with Gasteiger partial charge in [0.15, 0.2) is 0 Å². The van der Waals surface area contributed by atoms with E-state index >= 15 is 0 Å². The number of carbonyl (C=O) groups is 2. The molecule has 0 saturated heterocycles. The van der Waals surface area contributed by atoms with Crippen molar-refractivity contribution < 1.29 is 14.3 Å². The lowest BCUT2D eigenvalue weighted by atomic mass is 10.1. The van der Waals surface area contributed by atoms with Gasteiger partial charge in [0.1, 0.15) is 12.4 Å². The van der Waals surface area contributed by atoms with Gasteiger partial charge < -0.3 is 4.74 Å². The van der Waals surface area contributed by atoms with Crippen LogP contribution in [0.1, 0.15) is 18.6 Å². The van der Waals surface area contributed by atoms with Crippen LogP contribution in [0.4, 0.5) is 0 Å². The van der Waals surface area contributed by atoms with Crippen LogP contribution >= 0.6 is 0 Å². The molecule has 78 valence electrons. The number of rotatable bonds is 4. The zero-order chi connectivity index (χ0) is 11.1. The van der Waals surface area contributed by atoms with Crippen molar-refractivity contribution in [2.75, 3.05) is 0 Å². The second-order valence-electron chi connectivity index (χ2n) is 2.96. The van der Waals surface area contributed by atoms with Crippen LogP contribution in [0.25, 0.3) is 0 Å². The number of esters is 1. The van der Waals surface area contributed by atoms with Crippen molar-refractivity contribution in [2.24, 2.45) is 0 Å². The van der Waals surface area contributed by atoms with Gasteiger partial charge in [0, 0.05) is 6.92 Å². The minimum Gasteiger partial charge on any atom is -0.453 e. The highest BCUT2D eigenvalue weighted by molar-refractivity contribution is 5.67. The van der Waals surface area contributed by atoms with Gasteiger partial charge in [-0.15, -0.1) is 0 Å². The summed E-state index contributed by atoms with van der Waals surface area (Å²) < 4.78 is 5.05. The number of hydrogen-bond acceptors (Lipinski definition) is 3. The summed E-state index contributed by atoms with van der Waals surface area (Å²) in [7, 11) is 0. The highest BCUT2D eigenvalue weighted by Gasteiger charge is 2.09. The Morgan fingerprint density at radius 1 is 1.33 bits per heavy atom. The van der Waals surface area contributed by atoms with Crippen LogP contribution in [0.2, 0.25) is 0 Å². The normalized spacial score (nSPS) is 12.3. The van der Waals surface area contributed by atoms with Crippen molar-refractivity contribution >= 4 is 12.3 Å². The third-order valence-electron chi connectivity index (χ3n) is 1.79. The molecule has 1 aromatic rings. The van der Waals surface area contributed by atoms with Gasteiger partial charge in [-0.1, -0.05) is 30.3 Å². The van der Waals surface area contributed by atoms with E-state index in [9.17, 15) is 9.59 Å². The maximum absolute atomic E-state index is 10.8. The molecule has 0 radical (unpaired) electrons.